The molecular formula is C23H22O8. The molecule has 162 valence electrons. The highest BCUT2D eigenvalue weighted by molar-refractivity contribution is 6.15. The van der Waals surface area contributed by atoms with Crippen LogP contribution in [0.5, 0.6) is 0 Å². The van der Waals surface area contributed by atoms with E-state index in [1.54, 1.807) is 18.2 Å². The molecule has 0 aromatic rings. The van der Waals surface area contributed by atoms with E-state index in [9.17, 15) is 29.7 Å². The molecule has 3 N–H and O–H groups in total. The number of allylic oxidation sites excluding steroid dienone is 7. The predicted octanol–water partition coefficient (Wildman–Crippen LogP) is 1.79. The molecule has 1 aliphatic carbocycles. The van der Waals surface area contributed by atoms with Crippen LogP contribution in [0.25, 0.3) is 0 Å². The lowest BCUT2D eigenvalue weighted by molar-refractivity contribution is -0.195. The zero-order valence-electron chi connectivity index (χ0n) is 17.0. The van der Waals surface area contributed by atoms with Gasteiger partial charge in [-0.2, -0.15) is 0 Å². The molecule has 8 nitrogen and oxygen atoms in total. The molecule has 2 unspecified atom stereocenters. The molecule has 0 bridgehead atoms. The van der Waals surface area contributed by atoms with E-state index in [0.29, 0.717) is 5.57 Å². The zero-order chi connectivity index (χ0) is 22.8. The van der Waals surface area contributed by atoms with Gasteiger partial charge in [-0.15, -0.1) is 0 Å². The summed E-state index contributed by atoms with van der Waals surface area (Å²) in [5.74, 6) is -4.69. The Kier molecular flexibility index (Phi) is 5.97. The normalized spacial score (nSPS) is 28.6. The van der Waals surface area contributed by atoms with Crippen molar-refractivity contribution in [1.29, 1.82) is 0 Å². The van der Waals surface area contributed by atoms with Gasteiger partial charge in [0.05, 0.1) is 11.8 Å². The SMILES string of the molecule is C/C=C/C=C/C=C/C(=O)/C=C(\O)C1=C2C=C3CC(O)(CO)OC=C3C(=O)C2(C)OC1=O. The number of carbonyl (C=O) groups excluding carboxylic acids is 3. The van der Waals surface area contributed by atoms with Crippen molar-refractivity contribution in [3.05, 3.63) is 82.9 Å². The predicted molar refractivity (Wildman–Crippen MR) is 109 cm³/mol. The van der Waals surface area contributed by atoms with Crippen LogP contribution in [0.3, 0.4) is 0 Å². The van der Waals surface area contributed by atoms with Crippen LogP contribution in [0, 0.1) is 0 Å². The number of aliphatic hydroxyl groups is 3. The molecule has 0 fully saturated rings. The van der Waals surface area contributed by atoms with Gasteiger partial charge in [0.1, 0.15) is 17.9 Å². The first kappa shape index (κ1) is 22.2. The quantitative estimate of drug-likeness (QED) is 0.254. The summed E-state index contributed by atoms with van der Waals surface area (Å²) in [5.41, 5.74) is -1.56. The average Bonchev–Trinajstić information content (AvgIpc) is 2.98. The molecule has 0 saturated heterocycles. The Bertz CT molecular complexity index is 1050. The maximum atomic E-state index is 13.0. The van der Waals surface area contributed by atoms with Crippen molar-refractivity contribution in [3.8, 4) is 0 Å². The summed E-state index contributed by atoms with van der Waals surface area (Å²) >= 11 is 0. The molecule has 0 spiro atoms. The molecule has 8 heteroatoms. The molecule has 0 radical (unpaired) electrons. The van der Waals surface area contributed by atoms with Crippen LogP contribution in [0.4, 0.5) is 0 Å². The minimum absolute atomic E-state index is 0.0651. The van der Waals surface area contributed by atoms with Crippen molar-refractivity contribution >= 4 is 17.5 Å². The second-order valence-electron chi connectivity index (χ2n) is 7.34. The fourth-order valence-electron chi connectivity index (χ4n) is 3.44. The van der Waals surface area contributed by atoms with E-state index >= 15 is 0 Å². The number of Topliss-reactive ketones (excluding diaryl/α,β-unsaturated/α-hetero) is 1. The Morgan fingerprint density at radius 1 is 1.23 bits per heavy atom. The van der Waals surface area contributed by atoms with Gasteiger partial charge in [-0.05, 0) is 31.6 Å². The number of fused-ring (bicyclic) bond motifs is 2. The topological polar surface area (TPSA) is 130 Å². The third kappa shape index (κ3) is 4.08. The number of hydrogen-bond acceptors (Lipinski definition) is 8. The van der Waals surface area contributed by atoms with Gasteiger partial charge in [-0.3, -0.25) is 9.59 Å². The summed E-state index contributed by atoms with van der Waals surface area (Å²) < 4.78 is 10.3. The number of hydrogen-bond donors (Lipinski definition) is 3. The number of rotatable bonds is 6. The monoisotopic (exact) mass is 426 g/mol. The number of aliphatic hydroxyl groups excluding tert-OH is 2. The van der Waals surface area contributed by atoms with Crippen LogP contribution in [-0.4, -0.2) is 50.9 Å². The van der Waals surface area contributed by atoms with Crippen LogP contribution in [0.1, 0.15) is 20.3 Å². The molecule has 2 atom stereocenters. The summed E-state index contributed by atoms with van der Waals surface area (Å²) in [6.07, 6.45) is 12.7. The van der Waals surface area contributed by atoms with Crippen molar-refractivity contribution in [2.24, 2.45) is 0 Å². The van der Waals surface area contributed by atoms with E-state index in [-0.39, 0.29) is 23.1 Å². The van der Waals surface area contributed by atoms with Crippen LogP contribution in [-0.2, 0) is 23.9 Å². The summed E-state index contributed by atoms with van der Waals surface area (Å²) in [7, 11) is 0. The molecule has 0 saturated carbocycles. The maximum absolute atomic E-state index is 13.0. The molecule has 3 rings (SSSR count). The van der Waals surface area contributed by atoms with Crippen LogP contribution >= 0.6 is 0 Å². The van der Waals surface area contributed by atoms with Gasteiger partial charge in [0, 0.05) is 18.1 Å². The molecule has 31 heavy (non-hydrogen) atoms. The van der Waals surface area contributed by atoms with Crippen molar-refractivity contribution < 1.29 is 39.2 Å². The number of ketones is 2. The van der Waals surface area contributed by atoms with Gasteiger partial charge in [0.15, 0.2) is 11.4 Å². The summed E-state index contributed by atoms with van der Waals surface area (Å²) in [4.78, 5) is 37.6. The van der Waals surface area contributed by atoms with Crippen molar-refractivity contribution in [1.82, 2.24) is 0 Å². The highest BCUT2D eigenvalue weighted by Crippen LogP contribution is 2.46. The van der Waals surface area contributed by atoms with E-state index in [4.69, 9.17) is 9.47 Å². The lowest BCUT2D eigenvalue weighted by atomic mass is 9.75. The second-order valence-corrected chi connectivity index (χ2v) is 7.34. The van der Waals surface area contributed by atoms with Gasteiger partial charge in [-0.1, -0.05) is 30.4 Å². The summed E-state index contributed by atoms with van der Waals surface area (Å²) in [5, 5.41) is 30.0. The van der Waals surface area contributed by atoms with E-state index in [2.05, 4.69) is 0 Å². The van der Waals surface area contributed by atoms with E-state index < -0.39 is 41.3 Å². The Balaban J connectivity index is 2.01. The van der Waals surface area contributed by atoms with Gasteiger partial charge in [0.2, 0.25) is 11.6 Å². The zero-order valence-corrected chi connectivity index (χ0v) is 17.0. The van der Waals surface area contributed by atoms with Gasteiger partial charge in [-0.25, -0.2) is 4.79 Å². The van der Waals surface area contributed by atoms with E-state index in [1.807, 2.05) is 13.0 Å². The van der Waals surface area contributed by atoms with Gasteiger partial charge < -0.3 is 24.8 Å². The summed E-state index contributed by atoms with van der Waals surface area (Å²) in [6, 6.07) is 0. The largest absolute Gasteiger partial charge is 0.507 e. The Morgan fingerprint density at radius 3 is 2.61 bits per heavy atom. The maximum Gasteiger partial charge on any atom is 0.343 e. The Morgan fingerprint density at radius 2 is 1.94 bits per heavy atom. The second kappa shape index (κ2) is 8.33. The van der Waals surface area contributed by atoms with Gasteiger partial charge >= 0.3 is 5.97 Å². The average molecular weight is 426 g/mol. The first-order valence-corrected chi connectivity index (χ1v) is 9.51. The van der Waals surface area contributed by atoms with Crippen molar-refractivity contribution in [2.75, 3.05) is 6.61 Å². The summed E-state index contributed by atoms with van der Waals surface area (Å²) in [6.45, 7) is 2.50. The molecule has 0 aromatic heterocycles. The molecular weight excluding hydrogens is 404 g/mol. The van der Waals surface area contributed by atoms with Crippen LogP contribution in [0.15, 0.2) is 82.9 Å². The fraction of sp³-hybridized carbons (Fsp3) is 0.261. The molecule has 2 aliphatic heterocycles. The Labute approximate surface area is 178 Å². The van der Waals surface area contributed by atoms with Gasteiger partial charge in [0.25, 0.3) is 0 Å². The molecule has 0 amide bonds. The van der Waals surface area contributed by atoms with Crippen molar-refractivity contribution in [2.45, 2.75) is 31.7 Å². The highest BCUT2D eigenvalue weighted by Gasteiger charge is 2.55. The van der Waals surface area contributed by atoms with E-state index in [1.165, 1.54) is 25.2 Å². The molecule has 0 aromatic carbocycles. The Hall–Kier alpha value is -3.49. The standard InChI is InChI=1S/C23H22O8/c1-3-4-5-6-7-8-15(25)10-18(26)19-17-9-14-11-23(29,13-24)30-12-16(14)20(27)22(17,2)31-21(19)28/h3-10,12,24,26,29H,11,13H2,1-2H3/b4-3+,6-5+,8-7+,18-10-. The smallest absolute Gasteiger partial charge is 0.343 e. The minimum Gasteiger partial charge on any atom is -0.507 e. The number of ether oxygens (including phenoxy) is 2. The van der Waals surface area contributed by atoms with Crippen molar-refractivity contribution in [3.63, 3.8) is 0 Å². The third-order valence-electron chi connectivity index (χ3n) is 5.06. The lowest BCUT2D eigenvalue weighted by Gasteiger charge is -2.36. The molecule has 3 aliphatic rings. The fourth-order valence-corrected chi connectivity index (χ4v) is 3.44. The molecule has 2 heterocycles. The number of esters is 1. The van der Waals surface area contributed by atoms with Crippen LogP contribution < -0.4 is 0 Å². The first-order chi connectivity index (χ1) is 14.6. The van der Waals surface area contributed by atoms with Crippen LogP contribution in [0.2, 0.25) is 0 Å². The highest BCUT2D eigenvalue weighted by atomic mass is 16.6. The van der Waals surface area contributed by atoms with E-state index in [0.717, 1.165) is 12.3 Å². The minimum atomic E-state index is -1.91. The lowest BCUT2D eigenvalue weighted by Crippen LogP contribution is -2.46. The number of carbonyl (C=O) groups is 3. The first-order valence-electron chi connectivity index (χ1n) is 9.51. The third-order valence-corrected chi connectivity index (χ3v) is 5.06.